The van der Waals surface area contributed by atoms with Crippen LogP contribution >= 0.6 is 0 Å². The molecule has 0 amide bonds. The molecule has 1 saturated carbocycles. The second kappa shape index (κ2) is 25.9. The monoisotopic (exact) mass is 431 g/mol. The van der Waals surface area contributed by atoms with Crippen molar-refractivity contribution in [3.05, 3.63) is 71.3 Å². The molecule has 0 heterocycles. The zero-order chi connectivity index (χ0) is 24.5. The smallest absolute Gasteiger partial charge is 0.118 e. The molecule has 1 aromatic carbocycles. The summed E-state index contributed by atoms with van der Waals surface area (Å²) in [6.45, 7) is 20.0. The number of para-hydroxylation sites is 1. The topological polar surface area (TPSA) is 38.7 Å². The van der Waals surface area contributed by atoms with Gasteiger partial charge in [-0.3, -0.25) is 0 Å². The SMILES string of the molecule is C=C(/C=C\C(C)=C/C)N=O.CC.CC.CC(C)C1CCCCC1.COc1ccccc1. The standard InChI is InChI=1S/C9H18.C8H11NO.C7H8O.2C2H6/c1-8(2)9-6-4-3-5-7-9;1-4-7(2)5-6-8(3)9-10;1-8-7-5-3-2-4-6-7;2*1-2/h8-9H,3-7H2,1-2H3;4-6H,3H2,1-2H3;2-6H,1H3;2*1-2H3/b;6-5-,7-4-;;;. The maximum absolute atomic E-state index is 9.79. The molecular weight excluding hydrogens is 382 g/mol. The van der Waals surface area contributed by atoms with E-state index in [-0.39, 0.29) is 5.70 Å². The van der Waals surface area contributed by atoms with Crippen LogP contribution in [0.3, 0.4) is 0 Å². The highest BCUT2D eigenvalue weighted by Gasteiger charge is 2.15. The molecule has 0 saturated heterocycles. The minimum atomic E-state index is 0.251. The molecule has 0 aliphatic heterocycles. The Morgan fingerprint density at radius 3 is 1.87 bits per heavy atom. The molecule has 3 heteroatoms. The fourth-order valence-electron chi connectivity index (χ4n) is 2.71. The summed E-state index contributed by atoms with van der Waals surface area (Å²) < 4.78 is 4.91. The summed E-state index contributed by atoms with van der Waals surface area (Å²) in [7, 11) is 1.66. The van der Waals surface area contributed by atoms with Gasteiger partial charge in [0, 0.05) is 0 Å². The molecule has 3 nitrogen and oxygen atoms in total. The highest BCUT2D eigenvalue weighted by molar-refractivity contribution is 5.23. The van der Waals surface area contributed by atoms with Gasteiger partial charge in [0.25, 0.3) is 0 Å². The Morgan fingerprint density at radius 1 is 1.03 bits per heavy atom. The molecule has 0 N–H and O–H groups in total. The van der Waals surface area contributed by atoms with E-state index in [2.05, 4.69) is 25.6 Å². The van der Waals surface area contributed by atoms with Gasteiger partial charge in [-0.25, -0.2) is 0 Å². The molecule has 1 fully saturated rings. The van der Waals surface area contributed by atoms with E-state index in [0.717, 1.165) is 23.2 Å². The number of ether oxygens (including phenoxy) is 1. The number of nitrogens with zero attached hydrogens (tertiary/aromatic N) is 1. The highest BCUT2D eigenvalue weighted by atomic mass is 16.5. The van der Waals surface area contributed by atoms with Gasteiger partial charge in [0.05, 0.1) is 7.11 Å². The van der Waals surface area contributed by atoms with Crippen LogP contribution in [0.5, 0.6) is 5.75 Å². The lowest BCUT2D eigenvalue weighted by Crippen LogP contribution is -2.12. The van der Waals surface area contributed by atoms with Crippen LogP contribution in [0, 0.1) is 16.7 Å². The lowest BCUT2D eigenvalue weighted by Gasteiger charge is -2.24. The van der Waals surface area contributed by atoms with Crippen LogP contribution in [0.4, 0.5) is 0 Å². The third kappa shape index (κ3) is 22.3. The summed E-state index contributed by atoms with van der Waals surface area (Å²) in [5.41, 5.74) is 1.34. The molecular formula is C28H49NO2. The Balaban J connectivity index is -0.000000351. The van der Waals surface area contributed by atoms with E-state index < -0.39 is 0 Å². The Bertz CT molecular complexity index is 564. The van der Waals surface area contributed by atoms with Crippen molar-refractivity contribution >= 4 is 0 Å². The number of methoxy groups -OCH3 is 1. The van der Waals surface area contributed by atoms with E-state index in [1.807, 2.05) is 78.0 Å². The second-order valence-corrected chi connectivity index (χ2v) is 7.11. The first kappa shape index (κ1) is 33.5. The van der Waals surface area contributed by atoms with Crippen LogP contribution in [-0.2, 0) is 0 Å². The first-order valence-electron chi connectivity index (χ1n) is 11.9. The lowest BCUT2D eigenvalue weighted by atomic mass is 9.82. The van der Waals surface area contributed by atoms with Gasteiger partial charge >= 0.3 is 0 Å². The van der Waals surface area contributed by atoms with Crippen molar-refractivity contribution in [1.82, 2.24) is 0 Å². The van der Waals surface area contributed by atoms with Crippen LogP contribution in [-0.4, -0.2) is 7.11 Å². The largest absolute Gasteiger partial charge is 0.497 e. The summed E-state index contributed by atoms with van der Waals surface area (Å²) in [5, 5.41) is 2.64. The summed E-state index contributed by atoms with van der Waals surface area (Å²) in [6, 6.07) is 9.68. The molecule has 0 bridgehead atoms. The van der Waals surface area contributed by atoms with E-state index in [4.69, 9.17) is 4.74 Å². The Kier molecular flexibility index (Phi) is 27.9. The highest BCUT2D eigenvalue weighted by Crippen LogP contribution is 2.29. The number of allylic oxidation sites excluding steroid dienone is 4. The van der Waals surface area contributed by atoms with E-state index >= 15 is 0 Å². The molecule has 2 rings (SSSR count). The van der Waals surface area contributed by atoms with Crippen molar-refractivity contribution in [3.63, 3.8) is 0 Å². The van der Waals surface area contributed by atoms with Crippen molar-refractivity contribution in [2.24, 2.45) is 17.0 Å². The Morgan fingerprint density at radius 2 is 1.55 bits per heavy atom. The summed E-state index contributed by atoms with van der Waals surface area (Å²) in [5.74, 6) is 2.90. The third-order valence-electron chi connectivity index (χ3n) is 4.68. The van der Waals surface area contributed by atoms with Gasteiger partial charge in [-0.15, -0.1) is 4.91 Å². The predicted molar refractivity (Wildman–Crippen MR) is 141 cm³/mol. The zero-order valence-electron chi connectivity index (χ0n) is 21.8. The van der Waals surface area contributed by atoms with Crippen molar-refractivity contribution < 1.29 is 4.74 Å². The van der Waals surface area contributed by atoms with Gasteiger partial charge in [0.1, 0.15) is 11.4 Å². The van der Waals surface area contributed by atoms with Gasteiger partial charge in [-0.1, -0.05) is 116 Å². The van der Waals surface area contributed by atoms with Crippen molar-refractivity contribution in [2.75, 3.05) is 7.11 Å². The Hall–Kier alpha value is -2.16. The van der Waals surface area contributed by atoms with Crippen molar-refractivity contribution in [2.45, 2.75) is 87.5 Å². The molecule has 0 radical (unpaired) electrons. The molecule has 31 heavy (non-hydrogen) atoms. The first-order valence-corrected chi connectivity index (χ1v) is 11.9. The number of rotatable bonds is 5. The quantitative estimate of drug-likeness (QED) is 0.343. The molecule has 1 aliphatic carbocycles. The van der Waals surface area contributed by atoms with Gasteiger partial charge in [-0.05, 0) is 49.1 Å². The summed E-state index contributed by atoms with van der Waals surface area (Å²) in [4.78, 5) is 9.79. The molecule has 1 aliphatic rings. The van der Waals surface area contributed by atoms with Crippen molar-refractivity contribution in [3.8, 4) is 5.75 Å². The van der Waals surface area contributed by atoms with Crippen LogP contribution in [0.1, 0.15) is 87.5 Å². The number of nitroso groups, excluding NO2 is 1. The molecule has 0 spiro atoms. The first-order chi connectivity index (χ1) is 14.9. The van der Waals surface area contributed by atoms with E-state index in [1.54, 1.807) is 19.3 Å². The Labute approximate surface area is 193 Å². The molecule has 1 aromatic rings. The van der Waals surface area contributed by atoms with Crippen LogP contribution in [0.2, 0.25) is 0 Å². The van der Waals surface area contributed by atoms with E-state index in [1.165, 1.54) is 32.1 Å². The fraction of sp³-hybridized carbons (Fsp3) is 0.571. The lowest BCUT2D eigenvalue weighted by molar-refractivity contribution is 0.279. The maximum Gasteiger partial charge on any atom is 0.118 e. The summed E-state index contributed by atoms with van der Waals surface area (Å²) >= 11 is 0. The fourth-order valence-corrected chi connectivity index (χ4v) is 2.71. The number of hydrogen-bond acceptors (Lipinski definition) is 3. The maximum atomic E-state index is 9.79. The van der Waals surface area contributed by atoms with Gasteiger partial charge < -0.3 is 4.74 Å². The molecule has 0 unspecified atom stereocenters. The minimum Gasteiger partial charge on any atom is -0.497 e. The van der Waals surface area contributed by atoms with E-state index in [0.29, 0.717) is 0 Å². The van der Waals surface area contributed by atoms with Gasteiger partial charge in [0.15, 0.2) is 0 Å². The minimum absolute atomic E-state index is 0.251. The second-order valence-electron chi connectivity index (χ2n) is 7.11. The normalized spacial score (nSPS) is 13.2. The predicted octanol–water partition coefficient (Wildman–Crippen LogP) is 9.76. The molecule has 178 valence electrons. The van der Waals surface area contributed by atoms with Gasteiger partial charge in [-0.2, -0.15) is 0 Å². The van der Waals surface area contributed by atoms with Crippen molar-refractivity contribution in [1.29, 1.82) is 0 Å². The number of hydrogen-bond donors (Lipinski definition) is 0. The van der Waals surface area contributed by atoms with Crippen LogP contribution < -0.4 is 4.74 Å². The average molecular weight is 432 g/mol. The summed E-state index contributed by atoms with van der Waals surface area (Å²) in [6.07, 6.45) is 12.8. The average Bonchev–Trinajstić information content (AvgIpc) is 2.86. The molecule has 0 aromatic heterocycles. The van der Waals surface area contributed by atoms with Gasteiger partial charge in [0.2, 0.25) is 0 Å². The number of benzene rings is 1. The zero-order valence-corrected chi connectivity index (χ0v) is 21.8. The van der Waals surface area contributed by atoms with Crippen LogP contribution in [0.25, 0.3) is 0 Å². The third-order valence-corrected chi connectivity index (χ3v) is 4.68. The van der Waals surface area contributed by atoms with Crippen LogP contribution in [0.15, 0.2) is 71.6 Å². The van der Waals surface area contributed by atoms with E-state index in [9.17, 15) is 4.91 Å². The molecule has 0 atom stereocenters.